The molecule has 1 aliphatic carbocycles. The van der Waals surface area contributed by atoms with Crippen LogP contribution in [0.1, 0.15) is 194 Å². The highest BCUT2D eigenvalue weighted by Crippen LogP contribution is 2.47. The van der Waals surface area contributed by atoms with E-state index in [2.05, 4.69) is 38.2 Å². The largest absolute Gasteiger partial charge is 0.472 e. The Hall–Kier alpha value is -1.18. The number of phosphoric acid groups is 1. The maximum atomic E-state index is 12.8. The van der Waals surface area contributed by atoms with Gasteiger partial charge >= 0.3 is 13.8 Å². The van der Waals surface area contributed by atoms with E-state index in [1.807, 2.05) is 0 Å². The van der Waals surface area contributed by atoms with E-state index < -0.39 is 63.1 Å². The Labute approximate surface area is 351 Å². The number of unbranched alkanes of at least 4 members (excludes halogenated alkanes) is 23. The molecule has 0 bridgehead atoms. The van der Waals surface area contributed by atoms with E-state index in [1.165, 1.54) is 109 Å². The summed E-state index contributed by atoms with van der Waals surface area (Å²) < 4.78 is 34.1. The summed E-state index contributed by atoms with van der Waals surface area (Å²) in [6.45, 7) is 4.21. The van der Waals surface area contributed by atoms with Gasteiger partial charge in [-0.05, 0) is 57.8 Å². The minimum absolute atomic E-state index is 0.0786. The molecule has 0 amide bonds. The quantitative estimate of drug-likeness (QED) is 0.0149. The molecule has 1 aliphatic rings. The lowest BCUT2D eigenvalue weighted by molar-refractivity contribution is -0.220. The van der Waals surface area contributed by atoms with Crippen LogP contribution in [0, 0.1) is 0 Å². The van der Waals surface area contributed by atoms with E-state index in [4.69, 9.17) is 18.5 Å². The Kier molecular flexibility index (Phi) is 34.5. The topological polar surface area (TPSA) is 192 Å². The van der Waals surface area contributed by atoms with Gasteiger partial charge in [-0.15, -0.1) is 0 Å². The van der Waals surface area contributed by atoms with Gasteiger partial charge in [0.1, 0.15) is 42.7 Å². The van der Waals surface area contributed by atoms with Crippen molar-refractivity contribution in [1.29, 1.82) is 0 Å². The molecule has 6 unspecified atom stereocenters. The van der Waals surface area contributed by atoms with Crippen LogP contribution in [0.2, 0.25) is 0 Å². The van der Waals surface area contributed by atoms with Crippen LogP contribution in [0.25, 0.3) is 0 Å². The molecular weight excluding hydrogens is 763 g/mol. The molecule has 0 aromatic heterocycles. The number of hydrogen-bond acceptors (Lipinski definition) is 11. The second kappa shape index (κ2) is 36.5. The molecule has 0 heterocycles. The van der Waals surface area contributed by atoms with Crippen molar-refractivity contribution in [3.05, 3.63) is 24.3 Å². The summed E-state index contributed by atoms with van der Waals surface area (Å²) in [4.78, 5) is 23.1. The molecule has 1 fully saturated rings. The van der Waals surface area contributed by atoms with E-state index in [-0.39, 0.29) is 13.0 Å². The number of phosphoric ester groups is 1. The van der Waals surface area contributed by atoms with Crippen LogP contribution in [0.5, 0.6) is 0 Å². The third-order valence-electron chi connectivity index (χ3n) is 10.8. The first-order chi connectivity index (χ1) is 28.0. The molecule has 0 aromatic carbocycles. The van der Waals surface area contributed by atoms with Gasteiger partial charge in [-0.25, -0.2) is 4.57 Å². The highest BCUT2D eigenvalue weighted by molar-refractivity contribution is 7.47. The summed E-state index contributed by atoms with van der Waals surface area (Å²) in [7, 11) is -5.01. The molecule has 342 valence electrons. The smallest absolute Gasteiger partial charge is 0.457 e. The van der Waals surface area contributed by atoms with Crippen molar-refractivity contribution in [2.75, 3.05) is 19.8 Å². The summed E-state index contributed by atoms with van der Waals surface area (Å²) in [6.07, 6.45) is 28.3. The SMILES string of the molecule is CCCC/C=C\CCCCCCCC(=O)OC(COCCCCCCCCCCCC/C=C\CCCCCCCC)COP(=O)(O)OC1C(O)C(O)C(O)C(O)C1O. The molecule has 13 heteroatoms. The number of hydrogen-bond donors (Lipinski definition) is 6. The standard InChI is InChI=1S/C45H85O12P/c1-3-5-7-9-11-13-15-16-17-18-19-20-21-22-23-25-27-29-31-33-35-54-36-38(56-39(46)34-32-30-28-26-24-14-12-10-8-6-4-2)37-55-58(52,53)57-45-43(50)41(48)40(47)42(49)44(45)51/h10,12,16-17,38,40-45,47-51H,3-9,11,13-15,18-37H2,1-2H3,(H,52,53)/b12-10-,17-16-. The zero-order valence-electron chi connectivity index (χ0n) is 36.4. The van der Waals surface area contributed by atoms with Gasteiger partial charge in [0.15, 0.2) is 0 Å². The van der Waals surface area contributed by atoms with Gasteiger partial charge in [0, 0.05) is 13.0 Å². The Morgan fingerprint density at radius 2 is 0.931 bits per heavy atom. The molecule has 1 saturated carbocycles. The van der Waals surface area contributed by atoms with Gasteiger partial charge in [0.2, 0.25) is 0 Å². The Bertz CT molecular complexity index is 1060. The van der Waals surface area contributed by atoms with Crippen LogP contribution in [-0.2, 0) is 27.9 Å². The fraction of sp³-hybridized carbons (Fsp3) is 0.889. The number of esters is 1. The van der Waals surface area contributed by atoms with Crippen LogP contribution in [0.3, 0.4) is 0 Å². The minimum atomic E-state index is -5.01. The summed E-state index contributed by atoms with van der Waals surface area (Å²) in [6, 6.07) is 0. The van der Waals surface area contributed by atoms with Gasteiger partial charge in [-0.3, -0.25) is 13.8 Å². The van der Waals surface area contributed by atoms with Gasteiger partial charge in [-0.1, -0.05) is 154 Å². The monoisotopic (exact) mass is 849 g/mol. The van der Waals surface area contributed by atoms with Crippen molar-refractivity contribution >= 4 is 13.8 Å². The van der Waals surface area contributed by atoms with Crippen molar-refractivity contribution in [1.82, 2.24) is 0 Å². The lowest BCUT2D eigenvalue weighted by Gasteiger charge is -2.41. The first-order valence-corrected chi connectivity index (χ1v) is 24.7. The van der Waals surface area contributed by atoms with Crippen molar-refractivity contribution in [3.63, 3.8) is 0 Å². The first-order valence-electron chi connectivity index (χ1n) is 23.2. The molecule has 0 radical (unpaired) electrons. The zero-order valence-corrected chi connectivity index (χ0v) is 37.2. The lowest BCUT2D eigenvalue weighted by Crippen LogP contribution is -2.64. The molecule has 1 rings (SSSR count). The molecule has 12 nitrogen and oxygen atoms in total. The summed E-state index contributed by atoms with van der Waals surface area (Å²) >= 11 is 0. The number of allylic oxidation sites excluding steroid dienone is 4. The van der Waals surface area contributed by atoms with E-state index in [0.717, 1.165) is 57.8 Å². The normalized spacial score (nSPS) is 22.8. The van der Waals surface area contributed by atoms with Gasteiger partial charge in [0.25, 0.3) is 0 Å². The predicted molar refractivity (Wildman–Crippen MR) is 230 cm³/mol. The predicted octanol–water partition coefficient (Wildman–Crippen LogP) is 9.31. The minimum Gasteiger partial charge on any atom is -0.457 e. The fourth-order valence-corrected chi connectivity index (χ4v) is 8.01. The maximum absolute atomic E-state index is 12.8. The van der Waals surface area contributed by atoms with Gasteiger partial charge in [-0.2, -0.15) is 0 Å². The summed E-state index contributed by atoms with van der Waals surface area (Å²) in [5, 5.41) is 50.1. The molecule has 0 saturated heterocycles. The van der Waals surface area contributed by atoms with Crippen molar-refractivity contribution < 1.29 is 58.3 Å². The molecule has 6 atom stereocenters. The van der Waals surface area contributed by atoms with Crippen LogP contribution >= 0.6 is 7.82 Å². The van der Waals surface area contributed by atoms with E-state index in [0.29, 0.717) is 13.0 Å². The van der Waals surface area contributed by atoms with Crippen LogP contribution in [0.15, 0.2) is 24.3 Å². The third-order valence-corrected chi connectivity index (χ3v) is 11.8. The number of carbonyl (C=O) groups excluding carboxylic acids is 1. The second-order valence-electron chi connectivity index (χ2n) is 16.2. The number of aliphatic hydroxyl groups excluding tert-OH is 5. The number of rotatable bonds is 39. The number of carbonyl (C=O) groups is 1. The zero-order chi connectivity index (χ0) is 42.7. The average Bonchev–Trinajstić information content (AvgIpc) is 3.21. The fourth-order valence-electron chi connectivity index (χ4n) is 7.04. The third kappa shape index (κ3) is 28.4. The van der Waals surface area contributed by atoms with Crippen LogP contribution < -0.4 is 0 Å². The lowest BCUT2D eigenvalue weighted by atomic mass is 9.85. The van der Waals surface area contributed by atoms with E-state index in [9.17, 15) is 39.8 Å². The van der Waals surface area contributed by atoms with Crippen molar-refractivity contribution in [2.45, 2.75) is 236 Å². The Morgan fingerprint density at radius 3 is 1.41 bits per heavy atom. The highest BCUT2D eigenvalue weighted by atomic mass is 31.2. The van der Waals surface area contributed by atoms with Crippen LogP contribution in [-0.4, -0.2) is 98.9 Å². The van der Waals surface area contributed by atoms with Gasteiger partial charge in [0.05, 0.1) is 13.2 Å². The average molecular weight is 849 g/mol. The number of ether oxygens (including phenoxy) is 2. The van der Waals surface area contributed by atoms with Crippen molar-refractivity contribution in [3.8, 4) is 0 Å². The molecule has 0 spiro atoms. The molecule has 6 N–H and O–H groups in total. The maximum Gasteiger partial charge on any atom is 0.472 e. The first kappa shape index (κ1) is 54.8. The molecule has 0 aromatic rings. The Balaban J connectivity index is 2.35. The van der Waals surface area contributed by atoms with E-state index >= 15 is 0 Å². The number of aliphatic hydroxyl groups is 5. The molecular formula is C45H85O12P. The highest BCUT2D eigenvalue weighted by Gasteiger charge is 2.51. The van der Waals surface area contributed by atoms with Crippen molar-refractivity contribution in [2.24, 2.45) is 0 Å². The summed E-state index contributed by atoms with van der Waals surface area (Å²) in [5.41, 5.74) is 0. The molecule has 0 aliphatic heterocycles. The second-order valence-corrected chi connectivity index (χ2v) is 17.7. The molecule has 58 heavy (non-hydrogen) atoms. The summed E-state index contributed by atoms with van der Waals surface area (Å²) in [5.74, 6) is -0.487. The van der Waals surface area contributed by atoms with E-state index in [1.54, 1.807) is 0 Å². The Morgan fingerprint density at radius 1 is 0.534 bits per heavy atom. The van der Waals surface area contributed by atoms with Crippen LogP contribution in [0.4, 0.5) is 0 Å². The van der Waals surface area contributed by atoms with Gasteiger partial charge < -0.3 is 39.9 Å².